The van der Waals surface area contributed by atoms with Gasteiger partial charge in [0, 0.05) is 11.6 Å². The minimum absolute atomic E-state index is 0.0476. The first-order chi connectivity index (χ1) is 7.06. The highest BCUT2D eigenvalue weighted by molar-refractivity contribution is 5.39. The first-order valence-corrected chi connectivity index (χ1v) is 5.55. The summed E-state index contributed by atoms with van der Waals surface area (Å²) in [6, 6.07) is 6.24. The topological polar surface area (TPSA) is 35.2 Å². The summed E-state index contributed by atoms with van der Waals surface area (Å²) in [4.78, 5) is 0. The molecule has 0 heterocycles. The maximum atomic E-state index is 6.16. The summed E-state index contributed by atoms with van der Waals surface area (Å²) in [6.45, 7) is 9.00. The zero-order valence-corrected chi connectivity index (χ0v) is 10.1. The van der Waals surface area contributed by atoms with E-state index in [4.69, 9.17) is 10.5 Å². The normalized spacial score (nSPS) is 12.9. The molecule has 84 valence electrons. The second-order valence-corrected chi connectivity index (χ2v) is 4.24. The second-order valence-electron chi connectivity index (χ2n) is 4.24. The van der Waals surface area contributed by atoms with E-state index < -0.39 is 0 Å². The number of hydrogen-bond acceptors (Lipinski definition) is 2. The molecule has 0 aliphatic carbocycles. The van der Waals surface area contributed by atoms with Gasteiger partial charge in [-0.1, -0.05) is 31.5 Å². The highest BCUT2D eigenvalue weighted by Gasteiger charge is 2.15. The standard InChI is InChI=1S/C13H21NO/c1-5-15-12-7-6-10(4)8-11(12)13(14)9(2)3/h6-9,13H,5,14H2,1-4H3. The number of rotatable bonds is 4. The van der Waals surface area contributed by atoms with Crippen LogP contribution in [-0.2, 0) is 0 Å². The van der Waals surface area contributed by atoms with E-state index in [-0.39, 0.29) is 6.04 Å². The van der Waals surface area contributed by atoms with Crippen molar-refractivity contribution >= 4 is 0 Å². The Kier molecular flexibility index (Phi) is 4.15. The molecule has 1 rings (SSSR count). The predicted molar refractivity (Wildman–Crippen MR) is 64.1 cm³/mol. The van der Waals surface area contributed by atoms with Crippen LogP contribution in [0.5, 0.6) is 5.75 Å². The number of aryl methyl sites for hydroxylation is 1. The summed E-state index contributed by atoms with van der Waals surface area (Å²) < 4.78 is 5.58. The van der Waals surface area contributed by atoms with Crippen LogP contribution in [-0.4, -0.2) is 6.61 Å². The van der Waals surface area contributed by atoms with Crippen molar-refractivity contribution in [1.82, 2.24) is 0 Å². The molecule has 0 aromatic heterocycles. The maximum absolute atomic E-state index is 6.16. The Morgan fingerprint density at radius 3 is 2.53 bits per heavy atom. The van der Waals surface area contributed by atoms with E-state index in [1.165, 1.54) is 5.56 Å². The van der Waals surface area contributed by atoms with Gasteiger partial charge in [0.2, 0.25) is 0 Å². The summed E-state index contributed by atoms with van der Waals surface area (Å²) in [7, 11) is 0. The van der Waals surface area contributed by atoms with Crippen LogP contribution in [0.2, 0.25) is 0 Å². The van der Waals surface area contributed by atoms with Gasteiger partial charge < -0.3 is 10.5 Å². The van der Waals surface area contributed by atoms with E-state index in [9.17, 15) is 0 Å². The highest BCUT2D eigenvalue weighted by Crippen LogP contribution is 2.29. The minimum Gasteiger partial charge on any atom is -0.494 e. The zero-order chi connectivity index (χ0) is 11.4. The quantitative estimate of drug-likeness (QED) is 0.823. The first-order valence-electron chi connectivity index (χ1n) is 5.55. The number of nitrogens with two attached hydrogens (primary N) is 1. The molecule has 2 heteroatoms. The van der Waals surface area contributed by atoms with Gasteiger partial charge >= 0.3 is 0 Å². The van der Waals surface area contributed by atoms with Crippen LogP contribution in [0.1, 0.15) is 37.9 Å². The second kappa shape index (κ2) is 5.17. The molecule has 2 nitrogen and oxygen atoms in total. The molecule has 15 heavy (non-hydrogen) atoms. The van der Waals surface area contributed by atoms with Crippen molar-refractivity contribution in [3.8, 4) is 5.75 Å². The SMILES string of the molecule is CCOc1ccc(C)cc1C(N)C(C)C. The molecular weight excluding hydrogens is 186 g/mol. The van der Waals surface area contributed by atoms with Gasteiger partial charge in [-0.05, 0) is 25.8 Å². The average molecular weight is 207 g/mol. The smallest absolute Gasteiger partial charge is 0.124 e. The van der Waals surface area contributed by atoms with Gasteiger partial charge in [-0.2, -0.15) is 0 Å². The summed E-state index contributed by atoms with van der Waals surface area (Å²) in [5.41, 5.74) is 8.50. The largest absolute Gasteiger partial charge is 0.494 e. The Morgan fingerprint density at radius 1 is 1.33 bits per heavy atom. The van der Waals surface area contributed by atoms with Gasteiger partial charge in [0.25, 0.3) is 0 Å². The van der Waals surface area contributed by atoms with E-state index in [0.29, 0.717) is 12.5 Å². The van der Waals surface area contributed by atoms with E-state index >= 15 is 0 Å². The van der Waals surface area contributed by atoms with Gasteiger partial charge in [0.1, 0.15) is 5.75 Å². The predicted octanol–water partition coefficient (Wildman–Crippen LogP) is 3.05. The lowest BCUT2D eigenvalue weighted by molar-refractivity contribution is 0.330. The maximum Gasteiger partial charge on any atom is 0.124 e. The van der Waals surface area contributed by atoms with Crippen molar-refractivity contribution in [2.24, 2.45) is 11.7 Å². The molecule has 0 aliphatic rings. The van der Waals surface area contributed by atoms with Crippen molar-refractivity contribution in [3.05, 3.63) is 29.3 Å². The molecule has 0 bridgehead atoms. The van der Waals surface area contributed by atoms with Crippen molar-refractivity contribution in [2.75, 3.05) is 6.61 Å². The lowest BCUT2D eigenvalue weighted by atomic mass is 9.95. The fourth-order valence-electron chi connectivity index (χ4n) is 1.57. The summed E-state index contributed by atoms with van der Waals surface area (Å²) in [5.74, 6) is 1.34. The fourth-order valence-corrected chi connectivity index (χ4v) is 1.57. The molecule has 1 aromatic carbocycles. The summed E-state index contributed by atoms with van der Waals surface area (Å²) in [6.07, 6.45) is 0. The molecule has 1 atom stereocenters. The van der Waals surface area contributed by atoms with E-state index in [0.717, 1.165) is 11.3 Å². The molecule has 0 saturated heterocycles. The van der Waals surface area contributed by atoms with Crippen molar-refractivity contribution in [3.63, 3.8) is 0 Å². The third-order valence-corrected chi connectivity index (χ3v) is 2.54. The van der Waals surface area contributed by atoms with Crippen LogP contribution < -0.4 is 10.5 Å². The van der Waals surface area contributed by atoms with Gasteiger partial charge in [-0.25, -0.2) is 0 Å². The number of ether oxygens (including phenoxy) is 1. The lowest BCUT2D eigenvalue weighted by Gasteiger charge is -2.20. The molecule has 0 radical (unpaired) electrons. The Hall–Kier alpha value is -1.02. The van der Waals surface area contributed by atoms with E-state index in [1.54, 1.807) is 0 Å². The van der Waals surface area contributed by atoms with Crippen molar-refractivity contribution in [2.45, 2.75) is 33.7 Å². The third-order valence-electron chi connectivity index (χ3n) is 2.54. The summed E-state index contributed by atoms with van der Waals surface area (Å²) >= 11 is 0. The zero-order valence-electron chi connectivity index (χ0n) is 10.1. The van der Waals surface area contributed by atoms with Crippen LogP contribution in [0.4, 0.5) is 0 Å². The Bertz CT molecular complexity index is 320. The minimum atomic E-state index is 0.0476. The van der Waals surface area contributed by atoms with Gasteiger partial charge in [-0.15, -0.1) is 0 Å². The monoisotopic (exact) mass is 207 g/mol. The van der Waals surface area contributed by atoms with E-state index in [1.807, 2.05) is 13.0 Å². The van der Waals surface area contributed by atoms with Crippen LogP contribution in [0.3, 0.4) is 0 Å². The lowest BCUT2D eigenvalue weighted by Crippen LogP contribution is -2.18. The molecule has 0 amide bonds. The first kappa shape index (κ1) is 12.1. The highest BCUT2D eigenvalue weighted by atomic mass is 16.5. The Morgan fingerprint density at radius 2 is 2.00 bits per heavy atom. The van der Waals surface area contributed by atoms with E-state index in [2.05, 4.69) is 32.9 Å². The third kappa shape index (κ3) is 2.96. The number of benzene rings is 1. The van der Waals surface area contributed by atoms with Gasteiger partial charge in [0.05, 0.1) is 6.61 Å². The van der Waals surface area contributed by atoms with Crippen LogP contribution in [0.25, 0.3) is 0 Å². The molecule has 1 unspecified atom stereocenters. The Balaban J connectivity index is 3.06. The van der Waals surface area contributed by atoms with Crippen LogP contribution in [0.15, 0.2) is 18.2 Å². The molecule has 0 saturated carbocycles. The van der Waals surface area contributed by atoms with Crippen LogP contribution in [0, 0.1) is 12.8 Å². The van der Waals surface area contributed by atoms with Crippen molar-refractivity contribution in [1.29, 1.82) is 0 Å². The van der Waals surface area contributed by atoms with Crippen LogP contribution >= 0.6 is 0 Å². The molecule has 2 N–H and O–H groups in total. The molecule has 0 fully saturated rings. The van der Waals surface area contributed by atoms with Crippen molar-refractivity contribution < 1.29 is 4.74 Å². The number of hydrogen-bond donors (Lipinski definition) is 1. The Labute approximate surface area is 92.4 Å². The molecule has 1 aromatic rings. The van der Waals surface area contributed by atoms with Gasteiger partial charge in [-0.3, -0.25) is 0 Å². The fraction of sp³-hybridized carbons (Fsp3) is 0.538. The van der Waals surface area contributed by atoms with Gasteiger partial charge in [0.15, 0.2) is 0 Å². The molecule has 0 spiro atoms. The molecular formula is C13H21NO. The summed E-state index contributed by atoms with van der Waals surface area (Å²) in [5, 5.41) is 0. The average Bonchev–Trinajstić information content (AvgIpc) is 2.20. The molecule has 0 aliphatic heterocycles.